The van der Waals surface area contributed by atoms with E-state index in [0.717, 1.165) is 18.2 Å². The highest BCUT2D eigenvalue weighted by atomic mass is 19.4. The Kier molecular flexibility index (Phi) is 5.15. The molecule has 0 unspecified atom stereocenters. The second-order valence-corrected chi connectivity index (χ2v) is 6.44. The maximum absolute atomic E-state index is 13.2. The number of alkyl halides is 3. The average molecular weight is 360 g/mol. The van der Waals surface area contributed by atoms with Gasteiger partial charge >= 0.3 is 6.18 Å². The minimum Gasteiger partial charge on any atom is -0.366 e. The minimum absolute atomic E-state index is 0.0273. The predicted octanol–water partition coefficient (Wildman–Crippen LogP) is 4.60. The van der Waals surface area contributed by atoms with E-state index in [0.29, 0.717) is 5.56 Å². The maximum atomic E-state index is 13.2. The lowest BCUT2D eigenvalue weighted by Crippen LogP contribution is -2.28. The summed E-state index contributed by atoms with van der Waals surface area (Å²) in [6.45, 7) is 5.24. The van der Waals surface area contributed by atoms with Crippen molar-refractivity contribution >= 4 is 11.8 Å². The zero-order valence-electron chi connectivity index (χ0n) is 13.8. The molecule has 0 atom stereocenters. The van der Waals surface area contributed by atoms with E-state index in [1.54, 1.807) is 20.8 Å². The molecule has 136 valence electrons. The molecule has 2 N–H and O–H groups in total. The first-order valence-corrected chi connectivity index (χ1v) is 7.36. The summed E-state index contributed by atoms with van der Waals surface area (Å²) in [6.07, 6.45) is -4.64. The van der Waals surface area contributed by atoms with Crippen molar-refractivity contribution in [2.24, 2.45) is 0 Å². The molecule has 1 heterocycles. The van der Waals surface area contributed by atoms with Crippen LogP contribution in [0.3, 0.4) is 0 Å². The Bertz CT molecular complexity index is 753. The van der Waals surface area contributed by atoms with Crippen LogP contribution in [0.15, 0.2) is 24.3 Å². The van der Waals surface area contributed by atoms with Gasteiger partial charge in [0.1, 0.15) is 5.82 Å². The van der Waals surface area contributed by atoms with Crippen molar-refractivity contribution in [1.29, 1.82) is 0 Å². The second kappa shape index (κ2) is 6.81. The van der Waals surface area contributed by atoms with Gasteiger partial charge in [-0.25, -0.2) is 13.8 Å². The Balaban J connectivity index is 2.26. The number of hydrogen-bond donors (Lipinski definition) is 2. The molecule has 0 aliphatic carbocycles. The highest BCUT2D eigenvalue weighted by Crippen LogP contribution is 2.30. The van der Waals surface area contributed by atoms with Gasteiger partial charge < -0.3 is 10.6 Å². The standard InChI is InChI=1S/C16H17F5N4/c1-15(2,3)25-14-23-12(16(19,20)21)7-13(24-14)22-8-9-4-5-10(17)11(18)6-9/h4-7H,8H2,1-3H3,(H2,22,23,24,25). The Morgan fingerprint density at radius 3 is 2.20 bits per heavy atom. The van der Waals surface area contributed by atoms with Crippen LogP contribution in [-0.2, 0) is 12.7 Å². The van der Waals surface area contributed by atoms with Gasteiger partial charge in [-0.2, -0.15) is 18.2 Å². The van der Waals surface area contributed by atoms with Crippen molar-refractivity contribution in [1.82, 2.24) is 9.97 Å². The summed E-state index contributed by atoms with van der Waals surface area (Å²) in [7, 11) is 0. The Hall–Kier alpha value is -2.45. The molecular formula is C16H17F5N4. The summed E-state index contributed by atoms with van der Waals surface area (Å²) < 4.78 is 65.1. The molecule has 0 aliphatic heterocycles. The molecule has 1 aromatic carbocycles. The van der Waals surface area contributed by atoms with Crippen LogP contribution in [0.4, 0.5) is 33.7 Å². The fourth-order valence-corrected chi connectivity index (χ4v) is 1.92. The molecule has 0 saturated carbocycles. The third kappa shape index (κ3) is 5.54. The van der Waals surface area contributed by atoms with Gasteiger partial charge in [-0.1, -0.05) is 6.07 Å². The molecule has 25 heavy (non-hydrogen) atoms. The van der Waals surface area contributed by atoms with Gasteiger partial charge in [-0.3, -0.25) is 0 Å². The van der Waals surface area contributed by atoms with E-state index in [4.69, 9.17) is 0 Å². The fourth-order valence-electron chi connectivity index (χ4n) is 1.92. The zero-order valence-corrected chi connectivity index (χ0v) is 13.8. The third-order valence-electron chi connectivity index (χ3n) is 2.96. The molecule has 0 saturated heterocycles. The number of anilines is 2. The first-order chi connectivity index (χ1) is 11.4. The molecule has 2 aromatic rings. The molecule has 0 spiro atoms. The number of benzene rings is 1. The van der Waals surface area contributed by atoms with E-state index in [2.05, 4.69) is 20.6 Å². The number of halogens is 5. The molecule has 0 fully saturated rings. The molecule has 0 bridgehead atoms. The Labute approximate surface area is 141 Å². The second-order valence-electron chi connectivity index (χ2n) is 6.44. The molecule has 9 heteroatoms. The van der Waals surface area contributed by atoms with E-state index in [1.807, 2.05) is 0 Å². The van der Waals surface area contributed by atoms with Crippen LogP contribution >= 0.6 is 0 Å². The third-order valence-corrected chi connectivity index (χ3v) is 2.96. The van der Waals surface area contributed by atoms with Crippen molar-refractivity contribution in [3.63, 3.8) is 0 Å². The summed E-state index contributed by atoms with van der Waals surface area (Å²) in [6, 6.07) is 3.99. The number of hydrogen-bond acceptors (Lipinski definition) is 4. The average Bonchev–Trinajstić information content (AvgIpc) is 2.45. The zero-order chi connectivity index (χ0) is 18.8. The van der Waals surface area contributed by atoms with Crippen LogP contribution in [0.2, 0.25) is 0 Å². The molecular weight excluding hydrogens is 343 g/mol. The summed E-state index contributed by atoms with van der Waals surface area (Å²) >= 11 is 0. The summed E-state index contributed by atoms with van der Waals surface area (Å²) in [4.78, 5) is 7.46. The van der Waals surface area contributed by atoms with Crippen LogP contribution in [0, 0.1) is 11.6 Å². The van der Waals surface area contributed by atoms with Crippen molar-refractivity contribution in [3.8, 4) is 0 Å². The van der Waals surface area contributed by atoms with Crippen LogP contribution in [0.5, 0.6) is 0 Å². The maximum Gasteiger partial charge on any atom is 0.433 e. The van der Waals surface area contributed by atoms with Crippen molar-refractivity contribution in [2.45, 2.75) is 39.0 Å². The molecule has 0 radical (unpaired) electrons. The lowest BCUT2D eigenvalue weighted by molar-refractivity contribution is -0.141. The largest absolute Gasteiger partial charge is 0.433 e. The van der Waals surface area contributed by atoms with E-state index in [-0.39, 0.29) is 18.3 Å². The molecule has 2 rings (SSSR count). The topological polar surface area (TPSA) is 49.8 Å². The van der Waals surface area contributed by atoms with Crippen molar-refractivity contribution in [2.75, 3.05) is 10.6 Å². The lowest BCUT2D eigenvalue weighted by Gasteiger charge is -2.21. The monoisotopic (exact) mass is 360 g/mol. The first kappa shape index (κ1) is 18.9. The Morgan fingerprint density at radius 2 is 1.64 bits per heavy atom. The van der Waals surface area contributed by atoms with Crippen LogP contribution in [0.25, 0.3) is 0 Å². The normalized spacial score (nSPS) is 12.2. The van der Waals surface area contributed by atoms with Gasteiger partial charge in [0.15, 0.2) is 17.3 Å². The highest BCUT2D eigenvalue weighted by Gasteiger charge is 2.34. The Morgan fingerprint density at radius 1 is 0.960 bits per heavy atom. The van der Waals surface area contributed by atoms with E-state index >= 15 is 0 Å². The van der Waals surface area contributed by atoms with Gasteiger partial charge in [0.2, 0.25) is 5.95 Å². The SMILES string of the molecule is CC(C)(C)Nc1nc(NCc2ccc(F)c(F)c2)cc(C(F)(F)F)n1. The molecule has 0 aliphatic rings. The van der Waals surface area contributed by atoms with Crippen molar-refractivity contribution in [3.05, 3.63) is 47.2 Å². The summed E-state index contributed by atoms with van der Waals surface area (Å²) in [5.41, 5.74) is -1.29. The van der Waals surface area contributed by atoms with Gasteiger partial charge in [0.05, 0.1) is 0 Å². The number of aromatic nitrogens is 2. The number of nitrogens with one attached hydrogen (secondary N) is 2. The smallest absolute Gasteiger partial charge is 0.366 e. The number of rotatable bonds is 4. The van der Waals surface area contributed by atoms with Crippen LogP contribution in [0.1, 0.15) is 32.0 Å². The molecule has 1 aromatic heterocycles. The van der Waals surface area contributed by atoms with Crippen LogP contribution in [-0.4, -0.2) is 15.5 Å². The van der Waals surface area contributed by atoms with E-state index in [1.165, 1.54) is 6.07 Å². The summed E-state index contributed by atoms with van der Waals surface area (Å²) in [5.74, 6) is -2.30. The minimum atomic E-state index is -4.64. The highest BCUT2D eigenvalue weighted by molar-refractivity contribution is 5.44. The van der Waals surface area contributed by atoms with Crippen molar-refractivity contribution < 1.29 is 22.0 Å². The fraction of sp³-hybridized carbons (Fsp3) is 0.375. The summed E-state index contributed by atoms with van der Waals surface area (Å²) in [5, 5.41) is 5.44. The predicted molar refractivity (Wildman–Crippen MR) is 84.1 cm³/mol. The van der Waals surface area contributed by atoms with E-state index < -0.39 is 29.0 Å². The van der Waals surface area contributed by atoms with Gasteiger partial charge in [0, 0.05) is 18.2 Å². The van der Waals surface area contributed by atoms with Gasteiger partial charge in [-0.15, -0.1) is 0 Å². The lowest BCUT2D eigenvalue weighted by atomic mass is 10.1. The first-order valence-electron chi connectivity index (χ1n) is 7.36. The van der Waals surface area contributed by atoms with Gasteiger partial charge in [-0.05, 0) is 38.5 Å². The van der Waals surface area contributed by atoms with E-state index in [9.17, 15) is 22.0 Å². The molecule has 4 nitrogen and oxygen atoms in total. The molecule has 0 amide bonds. The van der Waals surface area contributed by atoms with Crippen LogP contribution < -0.4 is 10.6 Å². The quantitative estimate of drug-likeness (QED) is 0.783. The van der Waals surface area contributed by atoms with Gasteiger partial charge in [0.25, 0.3) is 0 Å². The number of nitrogens with zero attached hydrogens (tertiary/aromatic N) is 2.